The van der Waals surface area contributed by atoms with E-state index in [0.29, 0.717) is 11.3 Å². The minimum atomic E-state index is -1.32. The summed E-state index contributed by atoms with van der Waals surface area (Å²) in [6, 6.07) is 5.40. The summed E-state index contributed by atoms with van der Waals surface area (Å²) in [4.78, 5) is 28.0. The quantitative estimate of drug-likeness (QED) is 0.328. The molecule has 3 heterocycles. The van der Waals surface area contributed by atoms with Crippen LogP contribution in [0.2, 0.25) is 0 Å². The molecule has 0 bridgehead atoms. The number of carboxylic acids is 1. The third kappa shape index (κ3) is 2.36. The first-order valence-electron chi connectivity index (χ1n) is 5.21. The van der Waals surface area contributed by atoms with Crippen LogP contribution in [0.15, 0.2) is 41.1 Å². The van der Waals surface area contributed by atoms with Gasteiger partial charge in [-0.1, -0.05) is 6.07 Å². The molecule has 0 N–H and O–H groups in total. The second-order valence-electron chi connectivity index (χ2n) is 3.81. The molecule has 0 spiro atoms. The Morgan fingerprint density at radius 3 is 2.89 bits per heavy atom. The van der Waals surface area contributed by atoms with Gasteiger partial charge in [-0.2, -0.15) is 0 Å². The molecule has 0 unspecified atom stereocenters. The van der Waals surface area contributed by atoms with E-state index in [1.165, 1.54) is 22.1 Å². The number of aromatic nitrogens is 1. The Labute approximate surface area is 135 Å². The zero-order valence-electron chi connectivity index (χ0n) is 10.1. The second kappa shape index (κ2) is 5.50. The predicted molar refractivity (Wildman–Crippen MR) is 63.5 cm³/mol. The van der Waals surface area contributed by atoms with Crippen LogP contribution in [-0.4, -0.2) is 27.1 Å². The van der Waals surface area contributed by atoms with Crippen molar-refractivity contribution in [2.45, 2.75) is 5.37 Å². The summed E-state index contributed by atoms with van der Waals surface area (Å²) in [5.74, 6) is -1.62. The smallest absolute Gasteiger partial charge is 0.543 e. The number of rotatable bonds is 2. The van der Waals surface area contributed by atoms with Crippen molar-refractivity contribution in [3.63, 3.8) is 0 Å². The van der Waals surface area contributed by atoms with E-state index in [1.807, 2.05) is 6.07 Å². The molecule has 19 heavy (non-hydrogen) atoms. The van der Waals surface area contributed by atoms with Gasteiger partial charge in [0.15, 0.2) is 0 Å². The van der Waals surface area contributed by atoms with E-state index in [4.69, 9.17) is 0 Å². The van der Waals surface area contributed by atoms with E-state index in [2.05, 4.69) is 4.98 Å². The van der Waals surface area contributed by atoms with E-state index in [1.54, 1.807) is 24.4 Å². The SMILES string of the molecule is O=C([O-])C1=CS[C@@H]2/C(=C\c3ccccn3)C(=O)N12.[Na+]. The molecule has 1 aromatic rings. The minimum Gasteiger partial charge on any atom is -0.543 e. The summed E-state index contributed by atoms with van der Waals surface area (Å²) in [5, 5.41) is 12.0. The predicted octanol–water partition coefficient (Wildman–Crippen LogP) is -3.02. The van der Waals surface area contributed by atoms with Gasteiger partial charge in [-0.25, -0.2) is 0 Å². The molecule has 0 saturated carbocycles. The van der Waals surface area contributed by atoms with Crippen molar-refractivity contribution in [3.8, 4) is 0 Å². The number of β-lactam (4-membered cyclic amide) rings is 1. The summed E-state index contributed by atoms with van der Waals surface area (Å²) in [6.45, 7) is 0. The van der Waals surface area contributed by atoms with Crippen LogP contribution in [-0.2, 0) is 9.59 Å². The van der Waals surface area contributed by atoms with Crippen molar-refractivity contribution >= 4 is 29.7 Å². The van der Waals surface area contributed by atoms with E-state index in [9.17, 15) is 14.7 Å². The van der Waals surface area contributed by atoms with Gasteiger partial charge in [0.1, 0.15) is 5.37 Å². The summed E-state index contributed by atoms with van der Waals surface area (Å²) >= 11 is 1.29. The molecular weight excluding hydrogens is 275 g/mol. The molecule has 1 amide bonds. The number of amides is 1. The van der Waals surface area contributed by atoms with Crippen molar-refractivity contribution in [2.75, 3.05) is 0 Å². The van der Waals surface area contributed by atoms with Gasteiger partial charge in [-0.05, 0) is 23.6 Å². The van der Waals surface area contributed by atoms with Gasteiger partial charge >= 0.3 is 29.6 Å². The molecule has 5 nitrogen and oxygen atoms in total. The third-order valence-electron chi connectivity index (χ3n) is 2.73. The molecule has 2 aliphatic rings. The topological polar surface area (TPSA) is 73.3 Å². The van der Waals surface area contributed by atoms with Crippen LogP contribution in [0.4, 0.5) is 0 Å². The first kappa shape index (κ1) is 14.3. The van der Waals surface area contributed by atoms with Gasteiger partial charge in [0.2, 0.25) is 0 Å². The Morgan fingerprint density at radius 1 is 1.47 bits per heavy atom. The Kier molecular flexibility index (Phi) is 4.15. The van der Waals surface area contributed by atoms with Gasteiger partial charge in [-0.15, -0.1) is 11.8 Å². The molecule has 1 fully saturated rings. The van der Waals surface area contributed by atoms with Crippen LogP contribution in [0.25, 0.3) is 6.08 Å². The Bertz CT molecular complexity index is 600. The molecule has 1 saturated heterocycles. The van der Waals surface area contributed by atoms with Crippen LogP contribution in [0.3, 0.4) is 0 Å². The average Bonchev–Trinajstić information content (AvgIpc) is 2.77. The molecule has 1 aromatic heterocycles. The van der Waals surface area contributed by atoms with Crippen molar-refractivity contribution in [3.05, 3.63) is 46.8 Å². The maximum atomic E-state index is 11.8. The normalized spacial score (nSPS) is 22.4. The van der Waals surface area contributed by atoms with Crippen LogP contribution in [0, 0.1) is 0 Å². The van der Waals surface area contributed by atoms with Crippen molar-refractivity contribution in [1.82, 2.24) is 9.88 Å². The van der Waals surface area contributed by atoms with Gasteiger partial charge in [0.05, 0.1) is 22.9 Å². The van der Waals surface area contributed by atoms with Gasteiger partial charge < -0.3 is 9.90 Å². The summed E-state index contributed by atoms with van der Waals surface area (Å²) < 4.78 is 0. The van der Waals surface area contributed by atoms with Crippen LogP contribution in [0.5, 0.6) is 0 Å². The average molecular weight is 282 g/mol. The number of pyridine rings is 1. The summed E-state index contributed by atoms with van der Waals surface area (Å²) in [7, 11) is 0. The largest absolute Gasteiger partial charge is 1.00 e. The number of nitrogens with zero attached hydrogens (tertiary/aromatic N) is 2. The number of carboxylic acid groups (broad SMARTS) is 1. The number of fused-ring (bicyclic) bond motifs is 1. The maximum Gasteiger partial charge on any atom is 1.00 e. The number of aliphatic carboxylic acids is 1. The van der Waals surface area contributed by atoms with Crippen LogP contribution < -0.4 is 34.7 Å². The molecule has 1 atom stereocenters. The maximum absolute atomic E-state index is 11.8. The van der Waals surface area contributed by atoms with Crippen LogP contribution >= 0.6 is 11.8 Å². The Hall–Kier alpha value is -1.08. The third-order valence-corrected chi connectivity index (χ3v) is 3.82. The molecule has 2 aliphatic heterocycles. The number of hydrogen-bond acceptors (Lipinski definition) is 5. The summed E-state index contributed by atoms with van der Waals surface area (Å²) in [6.07, 6.45) is 3.32. The fourth-order valence-corrected chi connectivity index (χ4v) is 2.99. The fraction of sp³-hybridized carbons (Fsp3) is 0.0833. The van der Waals surface area contributed by atoms with Crippen molar-refractivity contribution < 1.29 is 44.3 Å². The minimum absolute atomic E-state index is 0. The fourth-order valence-electron chi connectivity index (χ4n) is 1.88. The molecule has 0 radical (unpaired) electrons. The molecule has 7 heteroatoms. The number of hydrogen-bond donors (Lipinski definition) is 0. The van der Waals surface area contributed by atoms with Crippen molar-refractivity contribution in [2.24, 2.45) is 0 Å². The van der Waals surface area contributed by atoms with Gasteiger partial charge in [0, 0.05) is 6.20 Å². The zero-order chi connectivity index (χ0) is 12.7. The molecule has 90 valence electrons. The molecule has 0 aliphatic carbocycles. The van der Waals surface area contributed by atoms with Crippen LogP contribution in [0.1, 0.15) is 5.69 Å². The summed E-state index contributed by atoms with van der Waals surface area (Å²) in [5.41, 5.74) is 1.18. The number of carbonyl (C=O) groups excluding carboxylic acids is 2. The van der Waals surface area contributed by atoms with Crippen molar-refractivity contribution in [1.29, 1.82) is 0 Å². The van der Waals surface area contributed by atoms with E-state index in [0.717, 1.165) is 0 Å². The molecule has 3 rings (SSSR count). The first-order valence-corrected chi connectivity index (χ1v) is 6.16. The molecule has 0 aromatic carbocycles. The number of carbonyl (C=O) groups is 2. The first-order chi connectivity index (χ1) is 8.68. The number of thioether (sulfide) groups is 1. The van der Waals surface area contributed by atoms with E-state index >= 15 is 0 Å². The Morgan fingerprint density at radius 2 is 2.26 bits per heavy atom. The second-order valence-corrected chi connectivity index (χ2v) is 4.76. The van der Waals surface area contributed by atoms with E-state index < -0.39 is 5.97 Å². The Balaban J connectivity index is 0.00000133. The standard InChI is InChI=1S/C12H8N2O3S.Na/c15-10-8(5-7-3-1-2-4-13-7)11-14(10)9(6-18-11)12(16)17;/h1-6,11H,(H,16,17);/q;+1/p-1/b8-5-;/t11-;/m1./s1. The van der Waals surface area contributed by atoms with E-state index in [-0.39, 0.29) is 46.5 Å². The zero-order valence-corrected chi connectivity index (χ0v) is 12.9. The monoisotopic (exact) mass is 282 g/mol. The van der Waals surface area contributed by atoms with Gasteiger partial charge in [-0.3, -0.25) is 14.7 Å². The molecular formula is C12H7N2NaO3S. The van der Waals surface area contributed by atoms with Gasteiger partial charge in [0.25, 0.3) is 5.91 Å².